The number of ether oxygens (including phenoxy) is 1. The molecule has 0 spiro atoms. The highest BCUT2D eigenvalue weighted by Crippen LogP contribution is 2.47. The van der Waals surface area contributed by atoms with E-state index in [4.69, 9.17) is 0 Å². The molecule has 2 aromatic carbocycles. The van der Waals surface area contributed by atoms with Crippen LogP contribution in [0, 0.1) is 47.3 Å². The molecule has 3 heterocycles. The number of amides is 6. The fourth-order valence-corrected chi connectivity index (χ4v) is 8.60. The van der Waals surface area contributed by atoms with E-state index in [0.29, 0.717) is 12.8 Å². The Balaban J connectivity index is 0.000000237. The van der Waals surface area contributed by atoms with E-state index in [9.17, 15) is 43.5 Å². The van der Waals surface area contributed by atoms with Gasteiger partial charge in [-0.3, -0.25) is 53.1 Å². The zero-order valence-electron chi connectivity index (χ0n) is 31.4. The van der Waals surface area contributed by atoms with E-state index >= 15 is 0 Å². The van der Waals surface area contributed by atoms with Crippen molar-refractivity contribution in [3.8, 4) is 0 Å². The second-order valence-electron chi connectivity index (χ2n) is 14.2. The highest BCUT2D eigenvalue weighted by molar-refractivity contribution is 6.11. The zero-order chi connectivity index (χ0) is 39.5. The van der Waals surface area contributed by atoms with Crippen LogP contribution in [-0.4, -0.2) is 95.4 Å². The predicted molar refractivity (Wildman–Crippen MR) is 191 cm³/mol. The van der Waals surface area contributed by atoms with Crippen LogP contribution in [0.3, 0.4) is 0 Å². The molecule has 0 radical (unpaired) electrons. The molecule has 3 saturated heterocycles. The summed E-state index contributed by atoms with van der Waals surface area (Å²) in [6.07, 6.45) is 1.22. The third-order valence-electron chi connectivity index (χ3n) is 11.5. The standard InChI is InChI=1S/C20H24N2O4.C20H25NO6/c1-5-13(12-9-7-6-8-10-12)15-16(20(26)22(4)19(15)25)14-11(2)17(23)21(3)18(14)24;1-5-13(12-9-7-6-8-10-12)15-16(18(23)21(3)17(15)22)14(19(24)25)11(2)20(26)27-4/h6-11,13-16H,5H2,1-4H3;6-11,13-16H,5H2,1-4H3,(H,24,25). The van der Waals surface area contributed by atoms with Gasteiger partial charge in [0.05, 0.1) is 48.5 Å². The van der Waals surface area contributed by atoms with Crippen LogP contribution in [0.5, 0.6) is 0 Å². The molecule has 0 saturated carbocycles. The van der Waals surface area contributed by atoms with E-state index in [0.717, 1.165) is 25.8 Å². The lowest BCUT2D eigenvalue weighted by Gasteiger charge is -2.30. The number of imide groups is 3. The van der Waals surface area contributed by atoms with Crippen LogP contribution < -0.4 is 0 Å². The molecule has 3 fully saturated rings. The van der Waals surface area contributed by atoms with Gasteiger partial charge in [0.25, 0.3) is 0 Å². The Kier molecular flexibility index (Phi) is 12.7. The first-order chi connectivity index (χ1) is 25.1. The summed E-state index contributed by atoms with van der Waals surface area (Å²) in [5.41, 5.74) is 1.83. The number of nitrogens with zero attached hydrogens (tertiary/aromatic N) is 3. The molecule has 13 heteroatoms. The summed E-state index contributed by atoms with van der Waals surface area (Å²) in [5, 5.41) is 9.79. The van der Waals surface area contributed by atoms with Gasteiger partial charge in [-0.05, 0) is 35.8 Å². The normalized spacial score (nSPS) is 26.7. The lowest BCUT2D eigenvalue weighted by Crippen LogP contribution is -2.41. The number of esters is 1. The number of hydrogen-bond acceptors (Lipinski definition) is 9. The van der Waals surface area contributed by atoms with Gasteiger partial charge < -0.3 is 9.84 Å². The number of hydrogen-bond donors (Lipinski definition) is 1. The van der Waals surface area contributed by atoms with Crippen LogP contribution in [0.4, 0.5) is 0 Å². The lowest BCUT2D eigenvalue weighted by atomic mass is 9.69. The second kappa shape index (κ2) is 16.6. The monoisotopic (exact) mass is 731 g/mol. The molecular formula is C40H49N3O10. The smallest absolute Gasteiger partial charge is 0.309 e. The number of carboxylic acids is 1. The van der Waals surface area contributed by atoms with Crippen molar-refractivity contribution in [3.63, 3.8) is 0 Å². The number of likely N-dealkylation sites (tertiary alicyclic amines) is 3. The number of carbonyl (C=O) groups excluding carboxylic acids is 7. The van der Waals surface area contributed by atoms with Gasteiger partial charge in [0.1, 0.15) is 0 Å². The van der Waals surface area contributed by atoms with Gasteiger partial charge in [-0.2, -0.15) is 0 Å². The van der Waals surface area contributed by atoms with Gasteiger partial charge in [-0.25, -0.2) is 0 Å². The summed E-state index contributed by atoms with van der Waals surface area (Å²) >= 11 is 0. The summed E-state index contributed by atoms with van der Waals surface area (Å²) in [6.45, 7) is 6.96. The molecule has 2 aromatic rings. The third kappa shape index (κ3) is 7.38. The number of rotatable bonds is 11. The largest absolute Gasteiger partial charge is 0.481 e. The molecule has 284 valence electrons. The number of carboxylic acid groups (broad SMARTS) is 1. The van der Waals surface area contributed by atoms with Crippen LogP contribution in [0.15, 0.2) is 60.7 Å². The van der Waals surface area contributed by atoms with Gasteiger partial charge in [-0.15, -0.1) is 0 Å². The number of benzene rings is 2. The molecule has 3 aliphatic heterocycles. The molecule has 0 aliphatic carbocycles. The van der Waals surface area contributed by atoms with Gasteiger partial charge >= 0.3 is 11.9 Å². The van der Waals surface area contributed by atoms with Crippen molar-refractivity contribution in [3.05, 3.63) is 71.8 Å². The van der Waals surface area contributed by atoms with Crippen LogP contribution in [0.2, 0.25) is 0 Å². The Morgan fingerprint density at radius 1 is 0.642 bits per heavy atom. The van der Waals surface area contributed by atoms with E-state index in [1.807, 2.05) is 74.5 Å². The quantitative estimate of drug-likeness (QED) is 0.266. The molecule has 0 bridgehead atoms. The van der Waals surface area contributed by atoms with Crippen LogP contribution >= 0.6 is 0 Å². The van der Waals surface area contributed by atoms with E-state index in [1.54, 1.807) is 6.92 Å². The fourth-order valence-electron chi connectivity index (χ4n) is 8.60. The summed E-state index contributed by atoms with van der Waals surface area (Å²) in [6, 6.07) is 18.8. The van der Waals surface area contributed by atoms with Gasteiger partial charge in [0, 0.05) is 27.1 Å². The maximum absolute atomic E-state index is 12.9. The molecule has 3 aliphatic rings. The topological polar surface area (TPSA) is 176 Å². The van der Waals surface area contributed by atoms with Crippen molar-refractivity contribution < 1.29 is 48.2 Å². The Morgan fingerprint density at radius 2 is 1.04 bits per heavy atom. The Hall–Kier alpha value is -5.20. The average Bonchev–Trinajstić information content (AvgIpc) is 3.59. The number of carbonyl (C=O) groups is 8. The molecule has 1 N–H and O–H groups in total. The highest BCUT2D eigenvalue weighted by Gasteiger charge is 2.60. The number of methoxy groups -OCH3 is 1. The minimum absolute atomic E-state index is 0.177. The minimum Gasteiger partial charge on any atom is -0.481 e. The van der Waals surface area contributed by atoms with E-state index in [2.05, 4.69) is 4.74 Å². The van der Waals surface area contributed by atoms with Crippen molar-refractivity contribution in [2.75, 3.05) is 28.3 Å². The first-order valence-electron chi connectivity index (χ1n) is 17.9. The van der Waals surface area contributed by atoms with E-state index < -0.39 is 71.1 Å². The van der Waals surface area contributed by atoms with Crippen molar-refractivity contribution in [1.29, 1.82) is 0 Å². The first kappa shape index (κ1) is 40.6. The van der Waals surface area contributed by atoms with Gasteiger partial charge in [0.2, 0.25) is 35.4 Å². The summed E-state index contributed by atoms with van der Waals surface area (Å²) in [5.74, 6) is -12.0. The van der Waals surface area contributed by atoms with Crippen molar-refractivity contribution in [2.45, 2.75) is 52.4 Å². The zero-order valence-corrected chi connectivity index (χ0v) is 31.4. The van der Waals surface area contributed by atoms with Crippen LogP contribution in [0.25, 0.3) is 0 Å². The fraction of sp³-hybridized carbons (Fsp3) is 0.500. The molecule has 10 unspecified atom stereocenters. The van der Waals surface area contributed by atoms with Crippen molar-refractivity contribution >= 4 is 47.4 Å². The van der Waals surface area contributed by atoms with Crippen molar-refractivity contribution in [1.82, 2.24) is 14.7 Å². The van der Waals surface area contributed by atoms with E-state index in [1.165, 1.54) is 35.2 Å². The molecular weight excluding hydrogens is 682 g/mol. The maximum Gasteiger partial charge on any atom is 0.309 e. The van der Waals surface area contributed by atoms with Crippen molar-refractivity contribution in [2.24, 2.45) is 47.3 Å². The third-order valence-corrected chi connectivity index (χ3v) is 11.5. The Bertz CT molecular complexity index is 1750. The SMILES string of the molecule is CCC(c1ccccc1)C1C(=O)N(C)C(=O)C1C(C(=O)O)C(C)C(=O)OC.CCC(c1ccccc1)C1C(=O)N(C)C(=O)C1C1C(=O)N(C)C(=O)C1C. The maximum atomic E-state index is 12.9. The predicted octanol–water partition coefficient (Wildman–Crippen LogP) is 3.58. The van der Waals surface area contributed by atoms with Crippen LogP contribution in [0.1, 0.15) is 63.5 Å². The van der Waals surface area contributed by atoms with Crippen LogP contribution in [-0.2, 0) is 43.1 Å². The minimum atomic E-state index is -1.35. The lowest BCUT2D eigenvalue weighted by molar-refractivity contribution is -0.160. The second-order valence-corrected chi connectivity index (χ2v) is 14.2. The molecule has 6 amide bonds. The Labute approximate surface area is 309 Å². The highest BCUT2D eigenvalue weighted by atomic mass is 16.5. The average molecular weight is 732 g/mol. The summed E-state index contributed by atoms with van der Waals surface area (Å²) in [7, 11) is 5.43. The number of aliphatic carboxylic acids is 1. The molecule has 0 aromatic heterocycles. The van der Waals surface area contributed by atoms with Gasteiger partial charge in [-0.1, -0.05) is 88.4 Å². The molecule has 5 rings (SSSR count). The van der Waals surface area contributed by atoms with E-state index in [-0.39, 0.29) is 35.5 Å². The first-order valence-corrected chi connectivity index (χ1v) is 17.9. The molecule has 53 heavy (non-hydrogen) atoms. The molecule has 13 nitrogen and oxygen atoms in total. The van der Waals surface area contributed by atoms with Gasteiger partial charge in [0.15, 0.2) is 0 Å². The summed E-state index contributed by atoms with van der Waals surface area (Å²) < 4.78 is 4.69. The summed E-state index contributed by atoms with van der Waals surface area (Å²) in [4.78, 5) is 104. The molecule has 10 atom stereocenters. The Morgan fingerprint density at radius 3 is 1.45 bits per heavy atom.